The molecule has 0 fully saturated rings. The second-order valence-electron chi connectivity index (χ2n) is 3.64. The highest BCUT2D eigenvalue weighted by atomic mass is 35.5. The van der Waals surface area contributed by atoms with Gasteiger partial charge < -0.3 is 5.32 Å². The number of nitrogens with one attached hydrogen (secondary N) is 1. The van der Waals surface area contributed by atoms with Crippen LogP contribution in [0, 0.1) is 6.92 Å². The van der Waals surface area contributed by atoms with Gasteiger partial charge >= 0.3 is 6.18 Å². The first kappa shape index (κ1) is 14.0. The molecule has 0 aliphatic heterocycles. The van der Waals surface area contributed by atoms with E-state index in [4.69, 9.17) is 11.6 Å². The molecule has 0 saturated heterocycles. The highest BCUT2D eigenvalue weighted by molar-refractivity contribution is 6.30. The molecular weight excluding hydrogens is 255 g/mol. The van der Waals surface area contributed by atoms with E-state index in [1.165, 1.54) is 6.33 Å². The van der Waals surface area contributed by atoms with Crippen molar-refractivity contribution in [3.8, 4) is 0 Å². The van der Waals surface area contributed by atoms with E-state index in [9.17, 15) is 13.2 Å². The third-order valence-corrected chi connectivity index (χ3v) is 2.58. The van der Waals surface area contributed by atoms with E-state index in [0.29, 0.717) is 29.5 Å². The Labute approximate surface area is 102 Å². The lowest BCUT2D eigenvalue weighted by molar-refractivity contribution is -0.135. The predicted octanol–water partition coefficient (Wildman–Crippen LogP) is 3.58. The Morgan fingerprint density at radius 2 is 2.00 bits per heavy atom. The van der Waals surface area contributed by atoms with Gasteiger partial charge in [0.2, 0.25) is 0 Å². The highest BCUT2D eigenvalue weighted by Crippen LogP contribution is 2.22. The molecule has 0 unspecified atom stereocenters. The van der Waals surface area contributed by atoms with E-state index in [0.717, 1.165) is 0 Å². The van der Waals surface area contributed by atoms with Crippen LogP contribution in [0.4, 0.5) is 19.0 Å². The van der Waals surface area contributed by atoms with Gasteiger partial charge in [0.05, 0.1) is 0 Å². The molecule has 0 bridgehead atoms. The number of alkyl halides is 3. The Balaban J connectivity index is 2.29. The van der Waals surface area contributed by atoms with Crippen LogP contribution < -0.4 is 5.32 Å². The van der Waals surface area contributed by atoms with Crippen molar-refractivity contribution in [2.24, 2.45) is 0 Å². The zero-order valence-electron chi connectivity index (χ0n) is 9.31. The highest BCUT2D eigenvalue weighted by Gasteiger charge is 2.25. The fourth-order valence-corrected chi connectivity index (χ4v) is 1.40. The van der Waals surface area contributed by atoms with Crippen molar-refractivity contribution < 1.29 is 13.2 Å². The Hall–Kier alpha value is -1.04. The number of hydrogen-bond acceptors (Lipinski definition) is 3. The third-order valence-electron chi connectivity index (χ3n) is 2.20. The molecule has 96 valence electrons. The molecule has 1 aromatic rings. The normalized spacial score (nSPS) is 11.6. The van der Waals surface area contributed by atoms with Crippen molar-refractivity contribution in [2.75, 3.05) is 11.9 Å². The van der Waals surface area contributed by atoms with Crippen LogP contribution in [0.3, 0.4) is 0 Å². The summed E-state index contributed by atoms with van der Waals surface area (Å²) in [6.45, 7) is 2.19. The van der Waals surface area contributed by atoms with Crippen LogP contribution in [0.15, 0.2) is 6.33 Å². The lowest BCUT2D eigenvalue weighted by Crippen LogP contribution is -2.09. The summed E-state index contributed by atoms with van der Waals surface area (Å²) in [5.41, 5.74) is 0.699. The first-order valence-electron chi connectivity index (χ1n) is 5.18. The molecule has 1 rings (SSSR count). The van der Waals surface area contributed by atoms with E-state index in [-0.39, 0.29) is 6.42 Å². The van der Waals surface area contributed by atoms with Crippen molar-refractivity contribution in [1.29, 1.82) is 0 Å². The van der Waals surface area contributed by atoms with Crippen molar-refractivity contribution in [3.05, 3.63) is 17.0 Å². The fourth-order valence-electron chi connectivity index (χ4n) is 1.26. The Morgan fingerprint density at radius 3 is 2.65 bits per heavy atom. The molecule has 0 saturated carbocycles. The predicted molar refractivity (Wildman–Crippen MR) is 60.2 cm³/mol. The van der Waals surface area contributed by atoms with Crippen LogP contribution in [0.2, 0.25) is 5.15 Å². The quantitative estimate of drug-likeness (QED) is 0.654. The maximum absolute atomic E-state index is 11.9. The summed E-state index contributed by atoms with van der Waals surface area (Å²) < 4.78 is 35.6. The monoisotopic (exact) mass is 267 g/mol. The summed E-state index contributed by atoms with van der Waals surface area (Å²) in [4.78, 5) is 7.74. The van der Waals surface area contributed by atoms with Crippen LogP contribution in [0.1, 0.15) is 24.8 Å². The van der Waals surface area contributed by atoms with E-state index < -0.39 is 12.6 Å². The molecule has 0 aromatic carbocycles. The minimum atomic E-state index is -4.08. The van der Waals surface area contributed by atoms with Gasteiger partial charge in [-0.25, -0.2) is 9.97 Å². The van der Waals surface area contributed by atoms with Gasteiger partial charge in [-0.05, 0) is 19.8 Å². The van der Waals surface area contributed by atoms with Gasteiger partial charge in [0.1, 0.15) is 17.3 Å². The van der Waals surface area contributed by atoms with Crippen LogP contribution in [0.25, 0.3) is 0 Å². The summed E-state index contributed by atoms with van der Waals surface area (Å²) in [6.07, 6.45) is -2.98. The Bertz CT molecular complexity index is 368. The molecule has 0 atom stereocenters. The molecule has 1 aromatic heterocycles. The SMILES string of the molecule is Cc1c(Cl)ncnc1NCCCCC(F)(F)F. The first-order chi connectivity index (χ1) is 7.90. The molecule has 0 amide bonds. The van der Waals surface area contributed by atoms with Crippen LogP contribution in [-0.4, -0.2) is 22.7 Å². The second kappa shape index (κ2) is 6.05. The minimum Gasteiger partial charge on any atom is -0.370 e. The van der Waals surface area contributed by atoms with Crippen molar-refractivity contribution in [1.82, 2.24) is 9.97 Å². The van der Waals surface area contributed by atoms with E-state index >= 15 is 0 Å². The molecule has 3 nitrogen and oxygen atoms in total. The zero-order chi connectivity index (χ0) is 12.9. The number of unbranched alkanes of at least 4 members (excludes halogenated alkanes) is 1. The number of aromatic nitrogens is 2. The summed E-state index contributed by atoms with van der Waals surface area (Å²) in [6, 6.07) is 0. The average molecular weight is 268 g/mol. The molecule has 0 aliphatic carbocycles. The number of anilines is 1. The molecule has 0 spiro atoms. The maximum atomic E-state index is 11.9. The van der Waals surface area contributed by atoms with Crippen molar-refractivity contribution >= 4 is 17.4 Å². The zero-order valence-corrected chi connectivity index (χ0v) is 10.1. The summed E-state index contributed by atoms with van der Waals surface area (Å²) in [7, 11) is 0. The van der Waals surface area contributed by atoms with Gasteiger partial charge in [-0.1, -0.05) is 11.6 Å². The topological polar surface area (TPSA) is 37.8 Å². The largest absolute Gasteiger partial charge is 0.389 e. The molecule has 1 N–H and O–H groups in total. The lowest BCUT2D eigenvalue weighted by Gasteiger charge is -2.09. The van der Waals surface area contributed by atoms with E-state index in [2.05, 4.69) is 15.3 Å². The lowest BCUT2D eigenvalue weighted by atomic mass is 10.2. The van der Waals surface area contributed by atoms with E-state index in [1.54, 1.807) is 6.92 Å². The summed E-state index contributed by atoms with van der Waals surface area (Å²) in [5, 5.41) is 3.28. The fraction of sp³-hybridized carbons (Fsp3) is 0.600. The standard InChI is InChI=1S/C10H13ClF3N3/c1-7-8(11)16-6-17-9(7)15-5-3-2-4-10(12,13)14/h6H,2-5H2,1H3,(H,15,16,17). The molecule has 1 heterocycles. The smallest absolute Gasteiger partial charge is 0.370 e. The van der Waals surface area contributed by atoms with Crippen LogP contribution in [0.5, 0.6) is 0 Å². The first-order valence-corrected chi connectivity index (χ1v) is 5.55. The summed E-state index contributed by atoms with van der Waals surface area (Å²) in [5.74, 6) is 0.567. The van der Waals surface area contributed by atoms with Gasteiger partial charge in [0.15, 0.2) is 0 Å². The number of hydrogen-bond donors (Lipinski definition) is 1. The molecular formula is C10H13ClF3N3. The Kier molecular flexibility index (Phi) is 4.99. The second-order valence-corrected chi connectivity index (χ2v) is 4.00. The number of halogens is 4. The minimum absolute atomic E-state index is 0.106. The van der Waals surface area contributed by atoms with E-state index in [1.807, 2.05) is 0 Å². The van der Waals surface area contributed by atoms with Crippen LogP contribution in [-0.2, 0) is 0 Å². The number of rotatable bonds is 5. The van der Waals surface area contributed by atoms with Crippen molar-refractivity contribution in [3.63, 3.8) is 0 Å². The molecule has 17 heavy (non-hydrogen) atoms. The maximum Gasteiger partial charge on any atom is 0.389 e. The molecule has 0 aliphatic rings. The van der Waals surface area contributed by atoms with Gasteiger partial charge in [0, 0.05) is 18.5 Å². The van der Waals surface area contributed by atoms with Gasteiger partial charge in [-0.3, -0.25) is 0 Å². The Morgan fingerprint density at radius 1 is 1.29 bits per heavy atom. The number of nitrogens with zero attached hydrogens (tertiary/aromatic N) is 2. The van der Waals surface area contributed by atoms with Gasteiger partial charge in [-0.15, -0.1) is 0 Å². The molecule has 0 radical (unpaired) electrons. The van der Waals surface area contributed by atoms with Gasteiger partial charge in [0.25, 0.3) is 0 Å². The molecule has 7 heteroatoms. The summed E-state index contributed by atoms with van der Waals surface area (Å²) >= 11 is 5.77. The van der Waals surface area contributed by atoms with Gasteiger partial charge in [-0.2, -0.15) is 13.2 Å². The van der Waals surface area contributed by atoms with Crippen molar-refractivity contribution in [2.45, 2.75) is 32.4 Å². The third kappa shape index (κ3) is 5.21. The van der Waals surface area contributed by atoms with Crippen LogP contribution >= 0.6 is 11.6 Å². The average Bonchev–Trinajstić information content (AvgIpc) is 2.22.